The Hall–Kier alpha value is -3.19. The van der Waals surface area contributed by atoms with Gasteiger partial charge in [0.05, 0.1) is 11.1 Å². The van der Waals surface area contributed by atoms with E-state index in [4.69, 9.17) is 9.97 Å². The first-order valence-corrected chi connectivity index (χ1v) is 11.6. The molecule has 0 aliphatic carbocycles. The smallest absolute Gasteiger partial charge is 0.249 e. The molecule has 7 nitrogen and oxygen atoms in total. The van der Waals surface area contributed by atoms with Crippen molar-refractivity contribution >= 4 is 22.6 Å². The van der Waals surface area contributed by atoms with E-state index in [9.17, 15) is 15.0 Å². The zero-order valence-corrected chi connectivity index (χ0v) is 19.5. The highest BCUT2D eigenvalue weighted by molar-refractivity contribution is 5.92. The molecule has 1 aliphatic rings. The number of carbonyl (C=O) groups excluding carboxylic acids is 1. The van der Waals surface area contributed by atoms with Gasteiger partial charge in [0.15, 0.2) is 5.82 Å². The number of fused-ring (bicyclic) bond motifs is 1. The van der Waals surface area contributed by atoms with Crippen molar-refractivity contribution < 1.29 is 15.0 Å². The fraction of sp³-hybridized carbons (Fsp3) is 0.423. The third-order valence-corrected chi connectivity index (χ3v) is 6.36. The van der Waals surface area contributed by atoms with Crippen LogP contribution < -0.4 is 10.2 Å². The molecule has 3 N–H and O–H groups in total. The molecule has 1 amide bonds. The van der Waals surface area contributed by atoms with Crippen LogP contribution in [0.1, 0.15) is 32.3 Å². The number of para-hydroxylation sites is 1. The quantitative estimate of drug-likeness (QED) is 0.532. The number of nitrogens with one attached hydrogen (secondary N) is 1. The second-order valence-corrected chi connectivity index (χ2v) is 9.27. The second-order valence-electron chi connectivity index (χ2n) is 9.27. The standard InChI is InChI=1S/C26H32N4O3/c1-16(2)23(32)26(33)27-15-18-10-12-30(13-11-18)25-19-9-8-17(3)14-21(19)28-24(29-25)20-6-4-5-7-22(20)31/h4-9,14,16,18,23,31-32H,10-13,15H2,1-3H3,(H,27,33)/t23-/m1/s1. The molecule has 3 aromatic rings. The molecule has 0 radical (unpaired) electrons. The zero-order chi connectivity index (χ0) is 23.5. The van der Waals surface area contributed by atoms with E-state index < -0.39 is 6.10 Å². The monoisotopic (exact) mass is 448 g/mol. The average molecular weight is 449 g/mol. The molecule has 174 valence electrons. The van der Waals surface area contributed by atoms with E-state index in [1.807, 2.05) is 39.0 Å². The molecular formula is C26H32N4O3. The highest BCUT2D eigenvalue weighted by Gasteiger charge is 2.25. The van der Waals surface area contributed by atoms with Crippen LogP contribution in [0.5, 0.6) is 5.75 Å². The molecule has 0 saturated carbocycles. The van der Waals surface area contributed by atoms with Gasteiger partial charge < -0.3 is 20.4 Å². The normalized spacial score (nSPS) is 15.7. The van der Waals surface area contributed by atoms with Gasteiger partial charge in [0.1, 0.15) is 17.7 Å². The summed E-state index contributed by atoms with van der Waals surface area (Å²) in [6.07, 6.45) is 0.872. The first-order chi connectivity index (χ1) is 15.8. The van der Waals surface area contributed by atoms with Gasteiger partial charge in [-0.3, -0.25) is 4.79 Å². The lowest BCUT2D eigenvalue weighted by molar-refractivity contribution is -0.131. The molecular weight excluding hydrogens is 416 g/mol. The largest absolute Gasteiger partial charge is 0.507 e. The van der Waals surface area contributed by atoms with Crippen LogP contribution in [-0.4, -0.2) is 51.8 Å². The van der Waals surface area contributed by atoms with Crippen molar-refractivity contribution in [3.05, 3.63) is 48.0 Å². The number of aromatic hydroxyl groups is 1. The third kappa shape index (κ3) is 5.09. The van der Waals surface area contributed by atoms with Crippen molar-refractivity contribution in [2.45, 2.75) is 39.7 Å². The van der Waals surface area contributed by atoms with E-state index in [1.165, 1.54) is 0 Å². The van der Waals surface area contributed by atoms with Crippen LogP contribution in [0.15, 0.2) is 42.5 Å². The summed E-state index contributed by atoms with van der Waals surface area (Å²) in [5.74, 6) is 1.51. The molecule has 33 heavy (non-hydrogen) atoms. The molecule has 1 saturated heterocycles. The van der Waals surface area contributed by atoms with Gasteiger partial charge in [-0.05, 0) is 61.4 Å². The van der Waals surface area contributed by atoms with Crippen molar-refractivity contribution in [1.82, 2.24) is 15.3 Å². The number of aliphatic hydroxyl groups is 1. The Morgan fingerprint density at radius 1 is 1.15 bits per heavy atom. The summed E-state index contributed by atoms with van der Waals surface area (Å²) < 4.78 is 0. The van der Waals surface area contributed by atoms with Gasteiger partial charge in [-0.1, -0.05) is 32.0 Å². The number of phenols is 1. The molecule has 4 rings (SSSR count). The number of piperidine rings is 1. The number of amides is 1. The summed E-state index contributed by atoms with van der Waals surface area (Å²) >= 11 is 0. The van der Waals surface area contributed by atoms with Crippen molar-refractivity contribution in [2.24, 2.45) is 11.8 Å². The van der Waals surface area contributed by atoms with Gasteiger partial charge in [-0.2, -0.15) is 0 Å². The maximum atomic E-state index is 12.1. The van der Waals surface area contributed by atoms with Crippen LogP contribution >= 0.6 is 0 Å². The molecule has 0 unspecified atom stereocenters. The lowest BCUT2D eigenvalue weighted by atomic mass is 9.96. The Morgan fingerprint density at radius 2 is 1.88 bits per heavy atom. The molecule has 1 atom stereocenters. The van der Waals surface area contributed by atoms with E-state index in [-0.39, 0.29) is 17.6 Å². The molecule has 7 heteroatoms. The first-order valence-electron chi connectivity index (χ1n) is 11.6. The highest BCUT2D eigenvalue weighted by Crippen LogP contribution is 2.33. The maximum Gasteiger partial charge on any atom is 0.249 e. The van der Waals surface area contributed by atoms with E-state index >= 15 is 0 Å². The molecule has 2 aromatic carbocycles. The minimum atomic E-state index is -0.964. The molecule has 1 aliphatic heterocycles. The van der Waals surface area contributed by atoms with Crippen LogP contribution in [0, 0.1) is 18.8 Å². The van der Waals surface area contributed by atoms with Crippen LogP contribution in [0.4, 0.5) is 5.82 Å². The molecule has 2 heterocycles. The highest BCUT2D eigenvalue weighted by atomic mass is 16.3. The van der Waals surface area contributed by atoms with Crippen molar-refractivity contribution in [1.29, 1.82) is 0 Å². The zero-order valence-electron chi connectivity index (χ0n) is 19.5. The number of aryl methyl sites for hydroxylation is 1. The Bertz CT molecular complexity index is 1140. The minimum Gasteiger partial charge on any atom is -0.507 e. The van der Waals surface area contributed by atoms with E-state index in [0.29, 0.717) is 23.9 Å². The van der Waals surface area contributed by atoms with Gasteiger partial charge in [0, 0.05) is 25.0 Å². The van der Waals surface area contributed by atoms with Crippen LogP contribution in [0.2, 0.25) is 0 Å². The van der Waals surface area contributed by atoms with Gasteiger partial charge in [0.25, 0.3) is 0 Å². The van der Waals surface area contributed by atoms with Crippen LogP contribution in [-0.2, 0) is 4.79 Å². The molecule has 0 spiro atoms. The molecule has 0 bridgehead atoms. The van der Waals surface area contributed by atoms with Crippen molar-refractivity contribution in [2.75, 3.05) is 24.5 Å². The number of rotatable bonds is 6. The fourth-order valence-corrected chi connectivity index (χ4v) is 4.25. The Kier molecular flexibility index (Phi) is 6.79. The van der Waals surface area contributed by atoms with Crippen molar-refractivity contribution in [3.63, 3.8) is 0 Å². The number of hydrogen-bond acceptors (Lipinski definition) is 6. The predicted molar refractivity (Wildman–Crippen MR) is 130 cm³/mol. The predicted octanol–water partition coefficient (Wildman–Crippen LogP) is 3.66. The number of hydrogen-bond donors (Lipinski definition) is 3. The molecule has 1 fully saturated rings. The SMILES string of the molecule is Cc1ccc2c(N3CCC(CNC(=O)[C@H](O)C(C)C)CC3)nc(-c3ccccc3O)nc2c1. The van der Waals surface area contributed by atoms with Gasteiger partial charge >= 0.3 is 0 Å². The Morgan fingerprint density at radius 3 is 2.58 bits per heavy atom. The number of phenolic OH excluding ortho intramolecular Hbond substituents is 1. The van der Waals surface area contributed by atoms with E-state index in [1.54, 1.807) is 12.1 Å². The van der Waals surface area contributed by atoms with Crippen LogP contribution in [0.25, 0.3) is 22.3 Å². The van der Waals surface area contributed by atoms with Gasteiger partial charge in [-0.15, -0.1) is 0 Å². The minimum absolute atomic E-state index is 0.0974. The third-order valence-electron chi connectivity index (χ3n) is 6.36. The lowest BCUT2D eigenvalue weighted by Gasteiger charge is -2.33. The average Bonchev–Trinajstić information content (AvgIpc) is 2.81. The second kappa shape index (κ2) is 9.75. The molecule has 1 aromatic heterocycles. The number of aliphatic hydroxyl groups excluding tert-OH is 1. The summed E-state index contributed by atoms with van der Waals surface area (Å²) in [5.41, 5.74) is 2.59. The lowest BCUT2D eigenvalue weighted by Crippen LogP contribution is -2.43. The summed E-state index contributed by atoms with van der Waals surface area (Å²) in [4.78, 5) is 24.0. The van der Waals surface area contributed by atoms with Gasteiger partial charge in [-0.25, -0.2) is 9.97 Å². The van der Waals surface area contributed by atoms with E-state index in [2.05, 4.69) is 22.3 Å². The summed E-state index contributed by atoms with van der Waals surface area (Å²) in [5, 5.41) is 24.2. The number of aromatic nitrogens is 2. The van der Waals surface area contributed by atoms with Crippen LogP contribution in [0.3, 0.4) is 0 Å². The topological polar surface area (TPSA) is 98.6 Å². The summed E-state index contributed by atoms with van der Waals surface area (Å²) in [6, 6.07) is 13.3. The Balaban J connectivity index is 1.54. The summed E-state index contributed by atoms with van der Waals surface area (Å²) in [7, 11) is 0. The van der Waals surface area contributed by atoms with Crippen molar-refractivity contribution in [3.8, 4) is 17.1 Å². The number of benzene rings is 2. The van der Waals surface area contributed by atoms with E-state index in [0.717, 1.165) is 48.2 Å². The number of anilines is 1. The first kappa shape index (κ1) is 23.0. The maximum absolute atomic E-state index is 12.1. The fourth-order valence-electron chi connectivity index (χ4n) is 4.25. The number of carbonyl (C=O) groups is 1. The Labute approximate surface area is 194 Å². The summed E-state index contributed by atoms with van der Waals surface area (Å²) in [6.45, 7) is 7.90. The number of nitrogens with zero attached hydrogens (tertiary/aromatic N) is 3. The van der Waals surface area contributed by atoms with Gasteiger partial charge in [0.2, 0.25) is 5.91 Å².